The first-order valence-electron chi connectivity index (χ1n) is 9.40. The van der Waals surface area contributed by atoms with Crippen molar-refractivity contribution in [3.8, 4) is 0 Å². The van der Waals surface area contributed by atoms with Gasteiger partial charge in [0.1, 0.15) is 11.4 Å². The summed E-state index contributed by atoms with van der Waals surface area (Å²) in [5.74, 6) is -2.65. The van der Waals surface area contributed by atoms with E-state index in [0.717, 1.165) is 9.75 Å². The predicted octanol–water partition coefficient (Wildman–Crippen LogP) is 2.15. The van der Waals surface area contributed by atoms with Gasteiger partial charge in [-0.15, -0.1) is 22.7 Å². The van der Waals surface area contributed by atoms with E-state index in [0.29, 0.717) is 13.1 Å². The summed E-state index contributed by atoms with van der Waals surface area (Å²) in [5, 5.41) is 9.04. The number of carbonyl (C=O) groups is 4. The van der Waals surface area contributed by atoms with Crippen LogP contribution in [-0.4, -0.2) is 42.0 Å². The van der Waals surface area contributed by atoms with Gasteiger partial charge in [0.2, 0.25) is 0 Å². The Balaban J connectivity index is 1.42. The number of nitrogens with zero attached hydrogens (tertiary/aromatic N) is 1. The molecule has 3 aromatic heterocycles. The number of hydrogen-bond acceptors (Lipinski definition) is 9. The molecule has 0 aromatic carbocycles. The molecule has 0 fully saturated rings. The molecule has 0 aliphatic rings. The molecule has 0 aliphatic heterocycles. The highest BCUT2D eigenvalue weighted by Crippen LogP contribution is 2.08. The van der Waals surface area contributed by atoms with Gasteiger partial charge < -0.3 is 20.1 Å². The molecule has 0 aliphatic carbocycles. The summed E-state index contributed by atoms with van der Waals surface area (Å²) in [7, 11) is 0. The first-order chi connectivity index (χ1) is 15.5. The lowest BCUT2D eigenvalue weighted by molar-refractivity contribution is -0.125. The van der Waals surface area contributed by atoms with Crippen LogP contribution in [0.1, 0.15) is 30.7 Å². The number of pyridine rings is 1. The topological polar surface area (TPSA) is 124 Å². The van der Waals surface area contributed by atoms with Crippen molar-refractivity contribution < 1.29 is 28.7 Å². The molecule has 3 heterocycles. The molecule has 0 bridgehead atoms. The van der Waals surface area contributed by atoms with E-state index in [2.05, 4.69) is 15.6 Å². The fraction of sp³-hybridized carbons (Fsp3) is 0.190. The molecule has 9 nitrogen and oxygen atoms in total. The Bertz CT molecular complexity index is 986. The summed E-state index contributed by atoms with van der Waals surface area (Å²) in [6.07, 6.45) is 0. The van der Waals surface area contributed by atoms with Crippen molar-refractivity contribution in [2.45, 2.75) is 13.1 Å². The minimum absolute atomic E-state index is 0.160. The summed E-state index contributed by atoms with van der Waals surface area (Å²) in [6, 6.07) is 11.6. The monoisotopic (exact) mass is 473 g/mol. The second-order valence-electron chi connectivity index (χ2n) is 6.27. The highest BCUT2D eigenvalue weighted by molar-refractivity contribution is 7.10. The molecule has 0 saturated heterocycles. The average Bonchev–Trinajstić information content (AvgIpc) is 3.52. The Morgan fingerprint density at radius 2 is 1.19 bits per heavy atom. The van der Waals surface area contributed by atoms with Crippen molar-refractivity contribution in [1.82, 2.24) is 15.6 Å². The molecule has 166 valence electrons. The maximum atomic E-state index is 12.1. The highest BCUT2D eigenvalue weighted by atomic mass is 32.1. The van der Waals surface area contributed by atoms with E-state index in [1.165, 1.54) is 40.9 Å². The van der Waals surface area contributed by atoms with Gasteiger partial charge in [0, 0.05) is 9.75 Å². The van der Waals surface area contributed by atoms with Crippen LogP contribution in [0.5, 0.6) is 0 Å². The van der Waals surface area contributed by atoms with Gasteiger partial charge in [-0.1, -0.05) is 18.2 Å². The third-order valence-corrected chi connectivity index (χ3v) is 5.67. The zero-order valence-corrected chi connectivity index (χ0v) is 18.4. The van der Waals surface area contributed by atoms with Crippen LogP contribution in [0.2, 0.25) is 0 Å². The number of nitrogens with one attached hydrogen (secondary N) is 2. The lowest BCUT2D eigenvalue weighted by atomic mass is 10.3. The molecular weight excluding hydrogens is 454 g/mol. The Morgan fingerprint density at radius 1 is 0.719 bits per heavy atom. The Morgan fingerprint density at radius 3 is 1.59 bits per heavy atom. The largest absolute Gasteiger partial charge is 0.451 e. The van der Waals surface area contributed by atoms with Crippen molar-refractivity contribution in [3.05, 3.63) is 74.4 Å². The van der Waals surface area contributed by atoms with E-state index in [9.17, 15) is 19.2 Å². The molecule has 3 aromatic rings. The van der Waals surface area contributed by atoms with Gasteiger partial charge in [0.15, 0.2) is 13.2 Å². The molecule has 0 saturated carbocycles. The predicted molar refractivity (Wildman–Crippen MR) is 117 cm³/mol. The molecule has 0 spiro atoms. The molecule has 11 heteroatoms. The lowest BCUT2D eigenvalue weighted by Gasteiger charge is -2.07. The zero-order chi connectivity index (χ0) is 22.8. The van der Waals surface area contributed by atoms with E-state index < -0.39 is 37.0 Å². The average molecular weight is 474 g/mol. The second-order valence-corrected chi connectivity index (χ2v) is 8.34. The number of rotatable bonds is 10. The molecular formula is C21H19N3O6S2. The van der Waals surface area contributed by atoms with Crippen LogP contribution in [0.3, 0.4) is 0 Å². The van der Waals surface area contributed by atoms with E-state index in [1.807, 2.05) is 35.0 Å². The molecule has 0 unspecified atom stereocenters. The molecule has 2 N–H and O–H groups in total. The van der Waals surface area contributed by atoms with Crippen molar-refractivity contribution in [1.29, 1.82) is 0 Å². The van der Waals surface area contributed by atoms with E-state index >= 15 is 0 Å². The Hall–Kier alpha value is -3.57. The minimum Gasteiger partial charge on any atom is -0.451 e. The SMILES string of the molecule is O=C(COC(=O)c1cccc(C(=O)OCC(=O)NCc2cccs2)n1)NCc1cccs1. The van der Waals surface area contributed by atoms with Crippen molar-refractivity contribution in [2.24, 2.45) is 0 Å². The summed E-state index contributed by atoms with van der Waals surface area (Å²) < 4.78 is 9.87. The number of ether oxygens (including phenoxy) is 2. The molecule has 3 rings (SSSR count). The third-order valence-electron chi connectivity index (χ3n) is 3.92. The molecule has 0 atom stereocenters. The standard InChI is InChI=1S/C21H19N3O6S2/c25-18(22-10-14-4-2-8-31-14)12-29-20(27)16-6-1-7-17(24-16)21(28)30-13-19(26)23-11-15-5-3-9-32-15/h1-9H,10-13H2,(H,22,25)(H,23,26). The highest BCUT2D eigenvalue weighted by Gasteiger charge is 2.16. The van der Waals surface area contributed by atoms with Crippen molar-refractivity contribution in [2.75, 3.05) is 13.2 Å². The second kappa shape index (κ2) is 11.7. The van der Waals surface area contributed by atoms with Crippen LogP contribution >= 0.6 is 22.7 Å². The summed E-state index contributed by atoms with van der Waals surface area (Å²) in [4.78, 5) is 53.7. The van der Waals surface area contributed by atoms with Gasteiger partial charge in [-0.2, -0.15) is 0 Å². The van der Waals surface area contributed by atoms with E-state index in [1.54, 1.807) is 0 Å². The van der Waals surface area contributed by atoms with Gasteiger partial charge in [-0.25, -0.2) is 14.6 Å². The van der Waals surface area contributed by atoms with Gasteiger partial charge >= 0.3 is 11.9 Å². The van der Waals surface area contributed by atoms with Gasteiger partial charge in [-0.3, -0.25) is 9.59 Å². The number of carbonyl (C=O) groups excluding carboxylic acids is 4. The Labute approximate surface area is 191 Å². The maximum absolute atomic E-state index is 12.1. The number of esters is 2. The normalized spacial score (nSPS) is 10.2. The van der Waals surface area contributed by atoms with E-state index in [4.69, 9.17) is 9.47 Å². The fourth-order valence-corrected chi connectivity index (χ4v) is 3.66. The smallest absolute Gasteiger partial charge is 0.357 e. The third kappa shape index (κ3) is 7.29. The van der Waals surface area contributed by atoms with Crippen LogP contribution in [0, 0.1) is 0 Å². The first kappa shape index (κ1) is 23.1. The molecule has 32 heavy (non-hydrogen) atoms. The minimum atomic E-state index is -0.861. The molecule has 0 radical (unpaired) electrons. The van der Waals surface area contributed by atoms with Gasteiger partial charge in [0.05, 0.1) is 13.1 Å². The van der Waals surface area contributed by atoms with Crippen LogP contribution in [0.15, 0.2) is 53.2 Å². The van der Waals surface area contributed by atoms with Crippen LogP contribution in [0.25, 0.3) is 0 Å². The number of hydrogen-bond donors (Lipinski definition) is 2. The van der Waals surface area contributed by atoms with Crippen LogP contribution in [-0.2, 0) is 32.2 Å². The summed E-state index contributed by atoms with van der Waals surface area (Å²) in [5.41, 5.74) is -0.319. The van der Waals surface area contributed by atoms with Crippen LogP contribution in [0.4, 0.5) is 0 Å². The molecule has 2 amide bonds. The first-order valence-corrected chi connectivity index (χ1v) is 11.2. The maximum Gasteiger partial charge on any atom is 0.357 e. The van der Waals surface area contributed by atoms with Crippen molar-refractivity contribution in [3.63, 3.8) is 0 Å². The van der Waals surface area contributed by atoms with E-state index in [-0.39, 0.29) is 11.4 Å². The van der Waals surface area contributed by atoms with Crippen molar-refractivity contribution >= 4 is 46.4 Å². The van der Waals surface area contributed by atoms with Gasteiger partial charge in [-0.05, 0) is 35.0 Å². The van der Waals surface area contributed by atoms with Gasteiger partial charge in [0.25, 0.3) is 11.8 Å². The number of thiophene rings is 2. The summed E-state index contributed by atoms with van der Waals surface area (Å²) in [6.45, 7) is -0.279. The number of aromatic nitrogens is 1. The van der Waals surface area contributed by atoms with Crippen LogP contribution < -0.4 is 10.6 Å². The zero-order valence-electron chi connectivity index (χ0n) is 16.7. The quantitative estimate of drug-likeness (QED) is 0.433. The lowest BCUT2D eigenvalue weighted by Crippen LogP contribution is -2.29. The summed E-state index contributed by atoms with van der Waals surface area (Å²) >= 11 is 2.99. The fourth-order valence-electron chi connectivity index (χ4n) is 2.37. The Kier molecular flexibility index (Phi) is 8.46. The number of amides is 2.